The highest BCUT2D eigenvalue weighted by molar-refractivity contribution is 5.75. The number of ether oxygens (including phenoxy) is 3. The van der Waals surface area contributed by atoms with E-state index in [1.54, 1.807) is 19.2 Å². The molecule has 0 radical (unpaired) electrons. The highest BCUT2D eigenvalue weighted by Gasteiger charge is 2.36. The summed E-state index contributed by atoms with van der Waals surface area (Å²) in [6.07, 6.45) is -0.398. The predicted octanol–water partition coefficient (Wildman–Crippen LogP) is 1.61. The van der Waals surface area contributed by atoms with E-state index in [1.807, 2.05) is 6.92 Å². The Bertz CT molecular complexity index is 483. The number of methoxy groups -OCH3 is 2. The lowest BCUT2D eigenvalue weighted by Gasteiger charge is -2.21. The maximum atomic E-state index is 11.6. The van der Waals surface area contributed by atoms with Gasteiger partial charge in [0.05, 0.1) is 32.8 Å². The van der Waals surface area contributed by atoms with E-state index in [0.29, 0.717) is 30.1 Å². The van der Waals surface area contributed by atoms with Gasteiger partial charge in [-0.05, 0) is 25.0 Å². The number of aryl methyl sites for hydroxylation is 1. The zero-order valence-electron chi connectivity index (χ0n) is 11.3. The quantitative estimate of drug-likeness (QED) is 0.839. The molecule has 0 aliphatic carbocycles. The molecule has 1 aromatic rings. The Kier molecular flexibility index (Phi) is 3.95. The van der Waals surface area contributed by atoms with E-state index in [0.717, 1.165) is 5.56 Å². The zero-order chi connectivity index (χ0) is 14.0. The van der Waals surface area contributed by atoms with Crippen molar-refractivity contribution in [1.82, 2.24) is 0 Å². The van der Waals surface area contributed by atoms with Crippen LogP contribution in [0.5, 0.6) is 11.5 Å². The lowest BCUT2D eigenvalue weighted by molar-refractivity contribution is -0.144. The van der Waals surface area contributed by atoms with Crippen molar-refractivity contribution in [1.29, 1.82) is 0 Å². The van der Waals surface area contributed by atoms with Gasteiger partial charge in [-0.2, -0.15) is 0 Å². The molecule has 0 amide bonds. The van der Waals surface area contributed by atoms with Crippen molar-refractivity contribution in [2.24, 2.45) is 5.92 Å². The second-order valence-electron chi connectivity index (χ2n) is 4.57. The average molecular weight is 266 g/mol. The molecule has 1 aromatic carbocycles. The summed E-state index contributed by atoms with van der Waals surface area (Å²) in [5, 5.41) is 10.4. The van der Waals surface area contributed by atoms with Crippen LogP contribution >= 0.6 is 0 Å². The van der Waals surface area contributed by atoms with E-state index in [2.05, 4.69) is 0 Å². The molecule has 1 aliphatic heterocycles. The molecule has 1 aliphatic rings. The molecule has 2 rings (SSSR count). The van der Waals surface area contributed by atoms with Gasteiger partial charge >= 0.3 is 5.97 Å². The van der Waals surface area contributed by atoms with Gasteiger partial charge < -0.3 is 19.3 Å². The van der Waals surface area contributed by atoms with Crippen LogP contribution in [0.2, 0.25) is 0 Å². The van der Waals surface area contributed by atoms with Gasteiger partial charge in [-0.3, -0.25) is 4.79 Å². The Morgan fingerprint density at radius 3 is 2.63 bits per heavy atom. The summed E-state index contributed by atoms with van der Waals surface area (Å²) < 4.78 is 15.4. The Balaban J connectivity index is 2.40. The number of hydrogen-bond acceptors (Lipinski definition) is 5. The number of esters is 1. The van der Waals surface area contributed by atoms with Gasteiger partial charge in [-0.15, -0.1) is 0 Å². The van der Waals surface area contributed by atoms with E-state index >= 15 is 0 Å². The number of benzene rings is 1. The van der Waals surface area contributed by atoms with Crippen molar-refractivity contribution >= 4 is 5.97 Å². The monoisotopic (exact) mass is 266 g/mol. The fourth-order valence-electron chi connectivity index (χ4n) is 2.40. The van der Waals surface area contributed by atoms with Crippen LogP contribution in [-0.4, -0.2) is 31.9 Å². The highest BCUT2D eigenvalue weighted by Crippen LogP contribution is 2.38. The molecule has 5 heteroatoms. The van der Waals surface area contributed by atoms with E-state index in [-0.39, 0.29) is 5.97 Å². The predicted molar refractivity (Wildman–Crippen MR) is 68.3 cm³/mol. The number of carbonyl (C=O) groups is 1. The number of cyclic esters (lactones) is 1. The summed E-state index contributed by atoms with van der Waals surface area (Å²) in [7, 11) is 3.09. The summed E-state index contributed by atoms with van der Waals surface area (Å²) in [5.41, 5.74) is 1.44. The van der Waals surface area contributed by atoms with Crippen LogP contribution in [0.15, 0.2) is 12.1 Å². The molecule has 0 saturated carbocycles. The molecular formula is C14H18O5. The van der Waals surface area contributed by atoms with Crippen molar-refractivity contribution in [3.05, 3.63) is 23.3 Å². The normalized spacial score (nSPS) is 20.0. The third-order valence-electron chi connectivity index (χ3n) is 3.43. The Morgan fingerprint density at radius 2 is 2.11 bits per heavy atom. The largest absolute Gasteiger partial charge is 0.497 e. The molecule has 104 valence electrons. The standard InChI is InChI=1S/C14H18O5/c1-8-6-9(17-2)7-11(18-3)12(8)13(15)10-4-5-19-14(10)16/h6-7,10,13,15H,4-5H2,1-3H3. The summed E-state index contributed by atoms with van der Waals surface area (Å²) in [6.45, 7) is 2.21. The maximum Gasteiger partial charge on any atom is 0.312 e. The number of carbonyl (C=O) groups excluding carboxylic acids is 1. The van der Waals surface area contributed by atoms with E-state index in [9.17, 15) is 9.90 Å². The summed E-state index contributed by atoms with van der Waals surface area (Å²) >= 11 is 0. The fraction of sp³-hybridized carbons (Fsp3) is 0.500. The Hall–Kier alpha value is -1.75. The van der Waals surface area contributed by atoms with Gasteiger partial charge in [0.1, 0.15) is 11.5 Å². The maximum absolute atomic E-state index is 11.6. The van der Waals surface area contributed by atoms with Gasteiger partial charge in [-0.25, -0.2) is 0 Å². The Labute approximate surface area is 112 Å². The van der Waals surface area contributed by atoms with Crippen LogP contribution in [0.25, 0.3) is 0 Å². The second kappa shape index (κ2) is 5.48. The number of aliphatic hydroxyl groups excluding tert-OH is 1. The van der Waals surface area contributed by atoms with Crippen LogP contribution in [0.1, 0.15) is 23.7 Å². The minimum Gasteiger partial charge on any atom is -0.497 e. The van der Waals surface area contributed by atoms with Crippen molar-refractivity contribution in [3.63, 3.8) is 0 Å². The van der Waals surface area contributed by atoms with Crippen molar-refractivity contribution < 1.29 is 24.1 Å². The summed E-state index contributed by atoms with van der Waals surface area (Å²) in [5.74, 6) is 0.286. The first-order valence-corrected chi connectivity index (χ1v) is 6.15. The SMILES string of the molecule is COc1cc(C)c(C(O)C2CCOC2=O)c(OC)c1. The van der Waals surface area contributed by atoms with Crippen LogP contribution in [0.3, 0.4) is 0 Å². The molecule has 2 unspecified atom stereocenters. The summed E-state index contributed by atoms with van der Waals surface area (Å²) in [6, 6.07) is 3.51. The minimum atomic E-state index is -0.921. The average Bonchev–Trinajstić information content (AvgIpc) is 2.83. The van der Waals surface area contributed by atoms with Gasteiger partial charge in [0, 0.05) is 11.6 Å². The van der Waals surface area contributed by atoms with Gasteiger partial charge in [0.15, 0.2) is 0 Å². The zero-order valence-corrected chi connectivity index (χ0v) is 11.3. The first-order chi connectivity index (χ1) is 9.08. The highest BCUT2D eigenvalue weighted by atomic mass is 16.5. The lowest BCUT2D eigenvalue weighted by Crippen LogP contribution is -2.19. The Morgan fingerprint density at radius 1 is 1.37 bits per heavy atom. The van der Waals surface area contributed by atoms with E-state index in [1.165, 1.54) is 7.11 Å². The van der Waals surface area contributed by atoms with Gasteiger partial charge in [-0.1, -0.05) is 0 Å². The smallest absolute Gasteiger partial charge is 0.312 e. The van der Waals surface area contributed by atoms with Crippen LogP contribution in [0.4, 0.5) is 0 Å². The second-order valence-corrected chi connectivity index (χ2v) is 4.57. The topological polar surface area (TPSA) is 65.0 Å². The third-order valence-corrected chi connectivity index (χ3v) is 3.43. The molecule has 19 heavy (non-hydrogen) atoms. The van der Waals surface area contributed by atoms with Crippen LogP contribution in [-0.2, 0) is 9.53 Å². The molecule has 1 heterocycles. The number of rotatable bonds is 4. The first-order valence-electron chi connectivity index (χ1n) is 6.15. The number of hydrogen-bond donors (Lipinski definition) is 1. The minimum absolute atomic E-state index is 0.357. The molecule has 1 saturated heterocycles. The van der Waals surface area contributed by atoms with Gasteiger partial charge in [0.25, 0.3) is 0 Å². The molecule has 0 aromatic heterocycles. The van der Waals surface area contributed by atoms with Crippen molar-refractivity contribution in [3.8, 4) is 11.5 Å². The van der Waals surface area contributed by atoms with E-state index in [4.69, 9.17) is 14.2 Å². The molecule has 2 atom stereocenters. The third kappa shape index (κ3) is 2.51. The molecule has 1 N–H and O–H groups in total. The molecular weight excluding hydrogens is 248 g/mol. The number of aliphatic hydroxyl groups is 1. The molecule has 0 bridgehead atoms. The molecule has 5 nitrogen and oxygen atoms in total. The van der Waals surface area contributed by atoms with Crippen molar-refractivity contribution in [2.45, 2.75) is 19.4 Å². The lowest BCUT2D eigenvalue weighted by atomic mass is 9.91. The van der Waals surface area contributed by atoms with Crippen LogP contribution in [0, 0.1) is 12.8 Å². The van der Waals surface area contributed by atoms with E-state index < -0.39 is 12.0 Å². The van der Waals surface area contributed by atoms with Crippen LogP contribution < -0.4 is 9.47 Å². The summed E-state index contributed by atoms with van der Waals surface area (Å²) in [4.78, 5) is 11.6. The molecule has 1 fully saturated rings. The molecule has 0 spiro atoms. The first kappa shape index (κ1) is 13.7. The van der Waals surface area contributed by atoms with Crippen molar-refractivity contribution in [2.75, 3.05) is 20.8 Å². The van der Waals surface area contributed by atoms with Gasteiger partial charge in [0.2, 0.25) is 0 Å². The fourth-order valence-corrected chi connectivity index (χ4v) is 2.40.